The van der Waals surface area contributed by atoms with E-state index in [2.05, 4.69) is 10.1 Å². The number of para-hydroxylation sites is 1. The summed E-state index contributed by atoms with van der Waals surface area (Å²) in [5.74, 6) is -0.522. The Kier molecular flexibility index (Phi) is 3.48. The van der Waals surface area contributed by atoms with Gasteiger partial charge in [0.05, 0.1) is 18.4 Å². The first kappa shape index (κ1) is 10.5. The van der Waals surface area contributed by atoms with E-state index < -0.39 is 11.3 Å². The van der Waals surface area contributed by atoms with E-state index in [1.807, 2.05) is 0 Å². The molecule has 0 fully saturated rings. The first-order valence-electron chi connectivity index (χ1n) is 3.79. The van der Waals surface area contributed by atoms with Gasteiger partial charge in [-0.1, -0.05) is 12.1 Å². The number of hydrogen-bond acceptors (Lipinski definition) is 3. The molecule has 5 heteroatoms. The second kappa shape index (κ2) is 4.62. The van der Waals surface area contributed by atoms with Crippen LogP contribution in [0.2, 0.25) is 0 Å². The SMILES string of the molecule is COC(=O)c1ccccc1NC(=O)Cl. The average Bonchev–Trinajstić information content (AvgIpc) is 2.16. The zero-order valence-corrected chi connectivity index (χ0v) is 8.17. The van der Waals surface area contributed by atoms with Crippen molar-refractivity contribution >= 4 is 28.6 Å². The van der Waals surface area contributed by atoms with Crippen molar-refractivity contribution in [2.75, 3.05) is 12.4 Å². The molecule has 14 heavy (non-hydrogen) atoms. The van der Waals surface area contributed by atoms with Crippen LogP contribution in [0.15, 0.2) is 24.3 Å². The molecular weight excluding hydrogens is 206 g/mol. The highest BCUT2D eigenvalue weighted by Crippen LogP contribution is 2.16. The number of hydrogen-bond donors (Lipinski definition) is 1. The Bertz CT molecular complexity index is 365. The summed E-state index contributed by atoms with van der Waals surface area (Å²) in [4.78, 5) is 21.8. The second-order valence-electron chi connectivity index (χ2n) is 2.44. The number of methoxy groups -OCH3 is 1. The molecule has 1 amide bonds. The normalized spacial score (nSPS) is 9.29. The Morgan fingerprint density at radius 3 is 2.57 bits per heavy atom. The highest BCUT2D eigenvalue weighted by molar-refractivity contribution is 6.65. The minimum atomic E-state index is -0.749. The molecule has 1 aromatic rings. The van der Waals surface area contributed by atoms with Crippen LogP contribution in [0, 0.1) is 0 Å². The van der Waals surface area contributed by atoms with Crippen molar-refractivity contribution in [2.45, 2.75) is 0 Å². The maximum absolute atomic E-state index is 11.2. The van der Waals surface area contributed by atoms with Gasteiger partial charge < -0.3 is 10.1 Å². The molecular formula is C9H8ClNO3. The number of halogens is 1. The topological polar surface area (TPSA) is 55.4 Å². The lowest BCUT2D eigenvalue weighted by molar-refractivity contribution is 0.0602. The van der Waals surface area contributed by atoms with E-state index in [0.29, 0.717) is 5.69 Å². The zero-order valence-electron chi connectivity index (χ0n) is 7.41. The molecule has 0 aromatic heterocycles. The molecule has 1 aromatic carbocycles. The van der Waals surface area contributed by atoms with Gasteiger partial charge >= 0.3 is 11.3 Å². The van der Waals surface area contributed by atoms with Crippen molar-refractivity contribution in [3.05, 3.63) is 29.8 Å². The maximum atomic E-state index is 11.2. The molecule has 1 rings (SSSR count). The van der Waals surface area contributed by atoms with E-state index in [4.69, 9.17) is 11.6 Å². The van der Waals surface area contributed by atoms with Gasteiger partial charge in [-0.25, -0.2) is 4.79 Å². The number of nitrogens with one attached hydrogen (secondary N) is 1. The molecule has 0 aliphatic heterocycles. The number of benzene rings is 1. The van der Waals surface area contributed by atoms with Gasteiger partial charge in [0.25, 0.3) is 0 Å². The summed E-state index contributed by atoms with van der Waals surface area (Å²) in [5, 5.41) is 1.57. The van der Waals surface area contributed by atoms with Crippen LogP contribution in [-0.4, -0.2) is 18.4 Å². The third-order valence-electron chi connectivity index (χ3n) is 1.57. The predicted octanol–water partition coefficient (Wildman–Crippen LogP) is 2.24. The van der Waals surface area contributed by atoms with Crippen LogP contribution in [-0.2, 0) is 4.74 Å². The van der Waals surface area contributed by atoms with Crippen molar-refractivity contribution in [1.29, 1.82) is 0 Å². The van der Waals surface area contributed by atoms with Crippen molar-refractivity contribution in [1.82, 2.24) is 0 Å². The summed E-state index contributed by atoms with van der Waals surface area (Å²) in [6.45, 7) is 0. The number of carbonyl (C=O) groups is 2. The molecule has 0 bridgehead atoms. The first-order valence-corrected chi connectivity index (χ1v) is 4.16. The lowest BCUT2D eigenvalue weighted by Gasteiger charge is -2.06. The number of amides is 1. The molecule has 0 aliphatic carbocycles. The molecule has 74 valence electrons. The van der Waals surface area contributed by atoms with Crippen LogP contribution in [0.1, 0.15) is 10.4 Å². The number of rotatable bonds is 2. The summed E-state index contributed by atoms with van der Waals surface area (Å²) in [7, 11) is 1.27. The third kappa shape index (κ3) is 2.47. The molecule has 0 heterocycles. The highest BCUT2D eigenvalue weighted by atomic mass is 35.5. The van der Waals surface area contributed by atoms with E-state index in [-0.39, 0.29) is 5.56 Å². The Balaban J connectivity index is 3.02. The third-order valence-corrected chi connectivity index (χ3v) is 1.66. The Morgan fingerprint density at radius 2 is 2.00 bits per heavy atom. The smallest absolute Gasteiger partial charge is 0.339 e. The second-order valence-corrected chi connectivity index (χ2v) is 2.78. The minimum absolute atomic E-state index is 0.268. The highest BCUT2D eigenvalue weighted by Gasteiger charge is 2.11. The summed E-state index contributed by atoms with van der Waals surface area (Å²) >= 11 is 5.13. The van der Waals surface area contributed by atoms with Gasteiger partial charge in [-0.2, -0.15) is 0 Å². The largest absolute Gasteiger partial charge is 0.465 e. The molecule has 1 N–H and O–H groups in total. The molecule has 4 nitrogen and oxygen atoms in total. The fourth-order valence-corrected chi connectivity index (χ4v) is 1.09. The number of ether oxygens (including phenoxy) is 1. The molecule has 0 spiro atoms. The molecule has 0 atom stereocenters. The van der Waals surface area contributed by atoms with Gasteiger partial charge in [0.1, 0.15) is 0 Å². The van der Waals surface area contributed by atoms with E-state index in [1.54, 1.807) is 18.2 Å². The quantitative estimate of drug-likeness (QED) is 0.466. The van der Waals surface area contributed by atoms with Gasteiger partial charge in [-0.3, -0.25) is 4.79 Å². The van der Waals surface area contributed by atoms with Gasteiger partial charge in [0.2, 0.25) is 0 Å². The fourth-order valence-electron chi connectivity index (χ4n) is 0.986. The average molecular weight is 214 g/mol. The van der Waals surface area contributed by atoms with Crippen LogP contribution in [0.3, 0.4) is 0 Å². The molecule has 0 radical (unpaired) electrons. The van der Waals surface area contributed by atoms with Crippen LogP contribution < -0.4 is 5.32 Å². The van der Waals surface area contributed by atoms with E-state index >= 15 is 0 Å². The zero-order chi connectivity index (χ0) is 10.6. The van der Waals surface area contributed by atoms with Crippen molar-refractivity contribution in [3.8, 4) is 0 Å². The Hall–Kier alpha value is -1.55. The van der Waals surface area contributed by atoms with E-state index in [1.165, 1.54) is 13.2 Å². The standard InChI is InChI=1S/C9H8ClNO3/c1-14-8(12)6-4-2-3-5-7(6)11-9(10)13/h2-5H,1H3,(H,11,13). The molecule has 0 saturated heterocycles. The molecule has 0 aliphatic rings. The Morgan fingerprint density at radius 1 is 1.36 bits per heavy atom. The lowest BCUT2D eigenvalue weighted by atomic mass is 10.2. The van der Waals surface area contributed by atoms with Crippen LogP contribution in [0.25, 0.3) is 0 Å². The van der Waals surface area contributed by atoms with Crippen molar-refractivity contribution in [3.63, 3.8) is 0 Å². The van der Waals surface area contributed by atoms with Gasteiger partial charge in [0.15, 0.2) is 0 Å². The first-order chi connectivity index (χ1) is 6.65. The maximum Gasteiger partial charge on any atom is 0.339 e. The van der Waals surface area contributed by atoms with Gasteiger partial charge in [-0.15, -0.1) is 0 Å². The number of carbonyl (C=O) groups excluding carboxylic acids is 2. The Labute approximate surface area is 85.8 Å². The number of anilines is 1. The van der Waals surface area contributed by atoms with E-state index in [0.717, 1.165) is 0 Å². The summed E-state index contributed by atoms with van der Waals surface area (Å²) < 4.78 is 4.53. The van der Waals surface area contributed by atoms with Crippen LogP contribution >= 0.6 is 11.6 Å². The lowest BCUT2D eigenvalue weighted by Crippen LogP contribution is -2.09. The van der Waals surface area contributed by atoms with Crippen molar-refractivity contribution in [2.24, 2.45) is 0 Å². The molecule has 0 unspecified atom stereocenters. The van der Waals surface area contributed by atoms with Crippen LogP contribution in [0.5, 0.6) is 0 Å². The number of esters is 1. The minimum Gasteiger partial charge on any atom is -0.465 e. The van der Waals surface area contributed by atoms with Crippen LogP contribution in [0.4, 0.5) is 10.5 Å². The summed E-state index contributed by atoms with van der Waals surface area (Å²) in [5.41, 5.74) is 0.600. The predicted molar refractivity (Wildman–Crippen MR) is 52.7 cm³/mol. The van der Waals surface area contributed by atoms with Gasteiger partial charge in [0, 0.05) is 0 Å². The monoisotopic (exact) mass is 213 g/mol. The van der Waals surface area contributed by atoms with E-state index in [9.17, 15) is 9.59 Å². The van der Waals surface area contributed by atoms with Gasteiger partial charge in [-0.05, 0) is 23.7 Å². The summed E-state index contributed by atoms with van der Waals surface area (Å²) in [6, 6.07) is 6.44. The van der Waals surface area contributed by atoms with Crippen molar-refractivity contribution < 1.29 is 14.3 Å². The fraction of sp³-hybridized carbons (Fsp3) is 0.111. The molecule has 0 saturated carbocycles. The summed E-state index contributed by atoms with van der Waals surface area (Å²) in [6.07, 6.45) is 0.